The molecule has 38 valence electrons. The van der Waals surface area contributed by atoms with Crippen LogP contribution >= 0.6 is 0 Å². The van der Waals surface area contributed by atoms with Crippen LogP contribution in [0.4, 0.5) is 0 Å². The standard InChI is InChI=1S/C5H8N2/c1-5-6-3-4-7(5)2/h3-4H,1-2H3/i4D. The molecule has 0 aliphatic carbocycles. The van der Waals surface area contributed by atoms with E-state index < -0.39 is 0 Å². The fraction of sp³-hybridized carbons (Fsp3) is 0.400. The molecule has 0 aromatic carbocycles. The van der Waals surface area contributed by atoms with Crippen molar-refractivity contribution in [3.63, 3.8) is 0 Å². The van der Waals surface area contributed by atoms with Gasteiger partial charge in [-0.1, -0.05) is 0 Å². The molecule has 1 rings (SSSR count). The van der Waals surface area contributed by atoms with Gasteiger partial charge in [-0.3, -0.25) is 0 Å². The predicted molar refractivity (Wildman–Crippen MR) is 27.9 cm³/mol. The molecule has 1 aromatic rings. The van der Waals surface area contributed by atoms with Gasteiger partial charge in [-0.2, -0.15) is 0 Å². The SMILES string of the molecule is [2H]c1cnc(C)n1C. The van der Waals surface area contributed by atoms with Crippen LogP contribution in [0.5, 0.6) is 0 Å². The second kappa shape index (κ2) is 1.37. The highest BCUT2D eigenvalue weighted by molar-refractivity contribution is 4.85. The minimum atomic E-state index is 0.461. The Hall–Kier alpha value is -0.790. The van der Waals surface area contributed by atoms with E-state index in [0.29, 0.717) is 6.17 Å². The van der Waals surface area contributed by atoms with Crippen LogP contribution in [0, 0.1) is 6.92 Å². The van der Waals surface area contributed by atoms with E-state index in [0.717, 1.165) is 5.82 Å². The van der Waals surface area contributed by atoms with Crippen LogP contribution in [-0.2, 0) is 7.05 Å². The molecule has 0 atom stereocenters. The Morgan fingerprint density at radius 2 is 2.71 bits per heavy atom. The van der Waals surface area contributed by atoms with Crippen LogP contribution < -0.4 is 0 Å². The summed E-state index contributed by atoms with van der Waals surface area (Å²) in [5, 5.41) is 0. The molecule has 2 heteroatoms. The van der Waals surface area contributed by atoms with Gasteiger partial charge in [0.05, 0.1) is 1.37 Å². The van der Waals surface area contributed by atoms with Crippen molar-refractivity contribution in [3.05, 3.63) is 18.2 Å². The molecule has 2 nitrogen and oxygen atoms in total. The molecule has 0 radical (unpaired) electrons. The summed E-state index contributed by atoms with van der Waals surface area (Å²) in [5.41, 5.74) is 0. The summed E-state index contributed by atoms with van der Waals surface area (Å²) in [7, 11) is 1.82. The third kappa shape index (κ3) is 0.633. The highest BCUT2D eigenvalue weighted by Crippen LogP contribution is 1.86. The van der Waals surface area contributed by atoms with Gasteiger partial charge in [-0.25, -0.2) is 4.98 Å². The maximum absolute atomic E-state index is 7.14. The van der Waals surface area contributed by atoms with E-state index in [4.69, 9.17) is 1.37 Å². The Morgan fingerprint density at radius 1 is 2.00 bits per heavy atom. The molecular weight excluding hydrogens is 88.1 g/mol. The van der Waals surface area contributed by atoms with Gasteiger partial charge in [0, 0.05) is 19.4 Å². The number of rotatable bonds is 0. The maximum Gasteiger partial charge on any atom is 0.105 e. The molecule has 1 heterocycles. The second-order valence-electron chi connectivity index (χ2n) is 1.49. The van der Waals surface area contributed by atoms with Crippen LogP contribution in [0.25, 0.3) is 0 Å². The smallest absolute Gasteiger partial charge is 0.105 e. The second-order valence-corrected chi connectivity index (χ2v) is 1.49. The first-order chi connectivity index (χ1) is 3.72. The van der Waals surface area contributed by atoms with Crippen LogP contribution in [-0.4, -0.2) is 9.55 Å². The zero-order valence-electron chi connectivity index (χ0n) is 5.47. The number of aromatic nitrogens is 2. The molecule has 1 aromatic heterocycles. The fourth-order valence-corrected chi connectivity index (χ4v) is 0.389. The van der Waals surface area contributed by atoms with Crippen molar-refractivity contribution in [2.24, 2.45) is 7.05 Å². The number of hydrogen-bond acceptors (Lipinski definition) is 1. The van der Waals surface area contributed by atoms with Crippen molar-refractivity contribution in [1.29, 1.82) is 0 Å². The van der Waals surface area contributed by atoms with Crippen LogP contribution in [0.2, 0.25) is 0 Å². The van der Waals surface area contributed by atoms with Gasteiger partial charge in [0.25, 0.3) is 0 Å². The summed E-state index contributed by atoms with van der Waals surface area (Å²) < 4.78 is 8.86. The summed E-state index contributed by atoms with van der Waals surface area (Å²) in [4.78, 5) is 3.89. The van der Waals surface area contributed by atoms with Crippen molar-refractivity contribution in [2.45, 2.75) is 6.92 Å². The highest BCUT2D eigenvalue weighted by Gasteiger charge is 1.83. The average molecular weight is 97.1 g/mol. The third-order valence-electron chi connectivity index (χ3n) is 0.988. The average Bonchev–Trinajstić information content (AvgIpc) is 1.98. The largest absolute Gasteiger partial charge is 0.338 e. The first-order valence-electron chi connectivity index (χ1n) is 2.66. The zero-order valence-corrected chi connectivity index (χ0v) is 4.47. The minimum Gasteiger partial charge on any atom is -0.338 e. The normalized spacial score (nSPS) is 11.4. The fourth-order valence-electron chi connectivity index (χ4n) is 0.389. The summed E-state index contributed by atoms with van der Waals surface area (Å²) >= 11 is 0. The van der Waals surface area contributed by atoms with Gasteiger partial charge in [-0.05, 0) is 6.92 Å². The molecule has 7 heavy (non-hydrogen) atoms. The summed E-state index contributed by atoms with van der Waals surface area (Å²) in [5.74, 6) is 0.884. The monoisotopic (exact) mass is 97.1 g/mol. The molecule has 0 saturated carbocycles. The molecule has 0 amide bonds. The van der Waals surface area contributed by atoms with Gasteiger partial charge in [-0.15, -0.1) is 0 Å². The van der Waals surface area contributed by atoms with E-state index in [9.17, 15) is 0 Å². The summed E-state index contributed by atoms with van der Waals surface area (Å²) in [6.45, 7) is 1.87. The molecule has 0 saturated heterocycles. The van der Waals surface area contributed by atoms with Gasteiger partial charge in [0.15, 0.2) is 0 Å². The Morgan fingerprint density at radius 3 is 2.86 bits per heavy atom. The maximum atomic E-state index is 7.14. The molecule has 0 N–H and O–H groups in total. The summed E-state index contributed by atoms with van der Waals surface area (Å²) in [6, 6.07) is 0. The molecule has 0 bridgehead atoms. The molecule has 0 unspecified atom stereocenters. The lowest BCUT2D eigenvalue weighted by atomic mass is 10.7. The molecule has 0 aliphatic heterocycles. The third-order valence-corrected chi connectivity index (χ3v) is 0.988. The van der Waals surface area contributed by atoms with Crippen LogP contribution in [0.15, 0.2) is 12.4 Å². The van der Waals surface area contributed by atoms with Crippen LogP contribution in [0.3, 0.4) is 0 Å². The van der Waals surface area contributed by atoms with Crippen molar-refractivity contribution in [1.82, 2.24) is 9.55 Å². The quantitative estimate of drug-likeness (QED) is 0.466. The number of imidazole rings is 1. The van der Waals surface area contributed by atoms with Crippen LogP contribution in [0.1, 0.15) is 7.20 Å². The molecular formula is C5H8N2. The van der Waals surface area contributed by atoms with Gasteiger partial charge in [0.2, 0.25) is 0 Å². The van der Waals surface area contributed by atoms with Crippen molar-refractivity contribution < 1.29 is 1.37 Å². The number of hydrogen-bond donors (Lipinski definition) is 0. The Bertz CT molecular complexity index is 173. The highest BCUT2D eigenvalue weighted by atomic mass is 15.0. The van der Waals surface area contributed by atoms with Gasteiger partial charge < -0.3 is 4.57 Å². The van der Waals surface area contributed by atoms with E-state index in [1.165, 1.54) is 6.20 Å². The lowest BCUT2D eigenvalue weighted by Crippen LogP contribution is -1.86. The van der Waals surface area contributed by atoms with Gasteiger partial charge in [0.1, 0.15) is 5.82 Å². The van der Waals surface area contributed by atoms with Gasteiger partial charge >= 0.3 is 0 Å². The van der Waals surface area contributed by atoms with E-state index in [1.807, 2.05) is 14.0 Å². The van der Waals surface area contributed by atoms with E-state index >= 15 is 0 Å². The number of aryl methyl sites for hydroxylation is 1. The Kier molecular flexibility index (Phi) is 0.635. The Balaban J connectivity index is 3.19. The van der Waals surface area contributed by atoms with E-state index in [1.54, 1.807) is 4.57 Å². The molecule has 0 spiro atoms. The number of nitrogens with zero attached hydrogens (tertiary/aromatic N) is 2. The van der Waals surface area contributed by atoms with Crippen molar-refractivity contribution in [3.8, 4) is 0 Å². The molecule has 0 aliphatic rings. The molecule has 0 fully saturated rings. The van der Waals surface area contributed by atoms with E-state index in [2.05, 4.69) is 4.98 Å². The minimum absolute atomic E-state index is 0.461. The lowest BCUT2D eigenvalue weighted by molar-refractivity contribution is 0.858. The van der Waals surface area contributed by atoms with E-state index in [-0.39, 0.29) is 0 Å². The summed E-state index contributed by atoms with van der Waals surface area (Å²) in [6.07, 6.45) is 2.00. The first kappa shape index (κ1) is 3.24. The Labute approximate surface area is 44.2 Å². The first-order valence-corrected chi connectivity index (χ1v) is 2.16. The lowest BCUT2D eigenvalue weighted by Gasteiger charge is -1.87. The predicted octanol–water partition coefficient (Wildman–Crippen LogP) is 0.729. The van der Waals surface area contributed by atoms with Crippen molar-refractivity contribution in [2.75, 3.05) is 0 Å². The zero-order chi connectivity index (χ0) is 6.15. The van der Waals surface area contributed by atoms with Crippen molar-refractivity contribution >= 4 is 0 Å². The topological polar surface area (TPSA) is 17.8 Å².